The highest BCUT2D eigenvalue weighted by atomic mass is 16.4. The van der Waals surface area contributed by atoms with Gasteiger partial charge in [0.2, 0.25) is 0 Å². The molecule has 72 valence electrons. The quantitative estimate of drug-likeness (QED) is 0.643. The SMILES string of the molecule is CCCC(C)C(O)CCC(=O)O. The summed E-state index contributed by atoms with van der Waals surface area (Å²) >= 11 is 0. The molecule has 0 fully saturated rings. The van der Waals surface area contributed by atoms with Crippen molar-refractivity contribution in [1.82, 2.24) is 0 Å². The first-order valence-corrected chi connectivity index (χ1v) is 4.47. The van der Waals surface area contributed by atoms with Crippen LogP contribution in [0.25, 0.3) is 0 Å². The second-order valence-corrected chi connectivity index (χ2v) is 3.27. The van der Waals surface area contributed by atoms with Crippen molar-refractivity contribution in [3.05, 3.63) is 0 Å². The number of aliphatic hydroxyl groups is 1. The molecule has 0 aromatic rings. The van der Waals surface area contributed by atoms with E-state index in [2.05, 4.69) is 6.92 Å². The molecule has 12 heavy (non-hydrogen) atoms. The van der Waals surface area contributed by atoms with E-state index in [9.17, 15) is 9.90 Å². The number of hydrogen-bond donors (Lipinski definition) is 2. The molecule has 0 amide bonds. The Labute approximate surface area is 73.4 Å². The smallest absolute Gasteiger partial charge is 0.303 e. The average Bonchev–Trinajstić information content (AvgIpc) is 2.00. The molecular formula is C9H18O3. The predicted molar refractivity (Wildman–Crippen MR) is 46.9 cm³/mol. The van der Waals surface area contributed by atoms with E-state index < -0.39 is 12.1 Å². The van der Waals surface area contributed by atoms with Gasteiger partial charge in [0.1, 0.15) is 0 Å². The molecule has 2 unspecified atom stereocenters. The maximum atomic E-state index is 10.2. The number of hydrogen-bond acceptors (Lipinski definition) is 2. The summed E-state index contributed by atoms with van der Waals surface area (Å²) in [5.74, 6) is -0.618. The van der Waals surface area contributed by atoms with E-state index in [1.54, 1.807) is 0 Å². The Morgan fingerprint density at radius 1 is 1.42 bits per heavy atom. The summed E-state index contributed by atoms with van der Waals surface area (Å²) in [6.45, 7) is 4.01. The number of rotatable bonds is 6. The van der Waals surface area contributed by atoms with Crippen molar-refractivity contribution in [3.8, 4) is 0 Å². The molecule has 0 aromatic heterocycles. The number of carbonyl (C=O) groups is 1. The Morgan fingerprint density at radius 3 is 2.42 bits per heavy atom. The van der Waals surface area contributed by atoms with Gasteiger partial charge in [0, 0.05) is 6.42 Å². The third kappa shape index (κ3) is 5.13. The van der Waals surface area contributed by atoms with Crippen LogP contribution in [0.1, 0.15) is 39.5 Å². The second kappa shape index (κ2) is 6.00. The van der Waals surface area contributed by atoms with Crippen LogP contribution in [0.2, 0.25) is 0 Å². The maximum absolute atomic E-state index is 10.2. The van der Waals surface area contributed by atoms with Gasteiger partial charge >= 0.3 is 5.97 Å². The zero-order valence-corrected chi connectivity index (χ0v) is 7.79. The molecule has 0 saturated carbocycles. The third-order valence-corrected chi connectivity index (χ3v) is 2.05. The number of carboxylic acids is 1. The first kappa shape index (κ1) is 11.4. The Morgan fingerprint density at radius 2 is 2.00 bits per heavy atom. The molecule has 2 atom stereocenters. The molecule has 0 aliphatic rings. The van der Waals surface area contributed by atoms with Crippen molar-refractivity contribution in [2.24, 2.45) is 5.92 Å². The lowest BCUT2D eigenvalue weighted by atomic mass is 9.96. The Balaban J connectivity index is 3.55. The van der Waals surface area contributed by atoms with Crippen LogP contribution < -0.4 is 0 Å². The summed E-state index contributed by atoms with van der Waals surface area (Å²) in [6, 6.07) is 0. The Kier molecular flexibility index (Phi) is 5.72. The van der Waals surface area contributed by atoms with E-state index in [1.165, 1.54) is 0 Å². The number of carboxylic acid groups (broad SMARTS) is 1. The Hall–Kier alpha value is -0.570. The third-order valence-electron chi connectivity index (χ3n) is 2.05. The molecule has 3 nitrogen and oxygen atoms in total. The molecule has 0 aliphatic carbocycles. The van der Waals surface area contributed by atoms with Crippen LogP contribution in [-0.4, -0.2) is 22.3 Å². The highest BCUT2D eigenvalue weighted by molar-refractivity contribution is 5.66. The molecule has 0 aromatic carbocycles. The summed E-state index contributed by atoms with van der Waals surface area (Å²) < 4.78 is 0. The van der Waals surface area contributed by atoms with Crippen LogP contribution in [0.5, 0.6) is 0 Å². The first-order valence-electron chi connectivity index (χ1n) is 4.47. The minimum atomic E-state index is -0.835. The van der Waals surface area contributed by atoms with Gasteiger partial charge in [-0.3, -0.25) is 4.79 Å². The molecule has 0 bridgehead atoms. The fourth-order valence-corrected chi connectivity index (χ4v) is 1.20. The average molecular weight is 174 g/mol. The minimum absolute atomic E-state index is 0.0647. The van der Waals surface area contributed by atoms with Crippen LogP contribution in [0.4, 0.5) is 0 Å². The van der Waals surface area contributed by atoms with Crippen LogP contribution in [0.3, 0.4) is 0 Å². The van der Waals surface area contributed by atoms with Gasteiger partial charge in [0.25, 0.3) is 0 Å². The maximum Gasteiger partial charge on any atom is 0.303 e. The fourth-order valence-electron chi connectivity index (χ4n) is 1.20. The van der Waals surface area contributed by atoms with Crippen molar-refractivity contribution >= 4 is 5.97 Å². The lowest BCUT2D eigenvalue weighted by Crippen LogP contribution is -2.18. The second-order valence-electron chi connectivity index (χ2n) is 3.27. The van der Waals surface area contributed by atoms with E-state index in [-0.39, 0.29) is 12.3 Å². The number of aliphatic carboxylic acids is 1. The van der Waals surface area contributed by atoms with Crippen LogP contribution >= 0.6 is 0 Å². The van der Waals surface area contributed by atoms with Gasteiger partial charge in [-0.2, -0.15) is 0 Å². The zero-order valence-electron chi connectivity index (χ0n) is 7.79. The summed E-state index contributed by atoms with van der Waals surface area (Å²) in [4.78, 5) is 10.2. The Bertz CT molecular complexity index is 134. The normalized spacial score (nSPS) is 15.6. The lowest BCUT2D eigenvalue weighted by Gasteiger charge is -2.16. The predicted octanol–water partition coefficient (Wildman–Crippen LogP) is 1.65. The molecule has 0 rings (SSSR count). The van der Waals surface area contributed by atoms with Crippen molar-refractivity contribution < 1.29 is 15.0 Å². The molecule has 0 spiro atoms. The minimum Gasteiger partial charge on any atom is -0.481 e. The summed E-state index contributed by atoms with van der Waals surface area (Å²) in [5, 5.41) is 17.8. The molecular weight excluding hydrogens is 156 g/mol. The van der Waals surface area contributed by atoms with Gasteiger partial charge < -0.3 is 10.2 Å². The highest BCUT2D eigenvalue weighted by Crippen LogP contribution is 2.14. The van der Waals surface area contributed by atoms with E-state index in [4.69, 9.17) is 5.11 Å². The summed E-state index contributed by atoms with van der Waals surface area (Å²) in [5.41, 5.74) is 0. The molecule has 0 heterocycles. The monoisotopic (exact) mass is 174 g/mol. The highest BCUT2D eigenvalue weighted by Gasteiger charge is 2.14. The lowest BCUT2D eigenvalue weighted by molar-refractivity contribution is -0.137. The van der Waals surface area contributed by atoms with Gasteiger partial charge in [-0.1, -0.05) is 20.3 Å². The standard InChI is InChI=1S/C9H18O3/c1-3-4-7(2)8(10)5-6-9(11)12/h7-8,10H,3-6H2,1-2H3,(H,11,12). The van der Waals surface area contributed by atoms with Gasteiger partial charge in [-0.15, -0.1) is 0 Å². The van der Waals surface area contributed by atoms with Crippen molar-refractivity contribution in [1.29, 1.82) is 0 Å². The van der Waals surface area contributed by atoms with Crippen molar-refractivity contribution in [3.63, 3.8) is 0 Å². The molecule has 0 saturated heterocycles. The van der Waals surface area contributed by atoms with Crippen LogP contribution in [0.15, 0.2) is 0 Å². The van der Waals surface area contributed by atoms with E-state index in [1.807, 2.05) is 6.92 Å². The van der Waals surface area contributed by atoms with Gasteiger partial charge in [0.15, 0.2) is 0 Å². The van der Waals surface area contributed by atoms with Gasteiger partial charge in [-0.05, 0) is 18.8 Å². The molecule has 2 N–H and O–H groups in total. The van der Waals surface area contributed by atoms with E-state index >= 15 is 0 Å². The molecule has 3 heteroatoms. The van der Waals surface area contributed by atoms with Gasteiger partial charge in [0.05, 0.1) is 6.10 Å². The van der Waals surface area contributed by atoms with E-state index in [0.717, 1.165) is 12.8 Å². The van der Waals surface area contributed by atoms with Crippen LogP contribution in [-0.2, 0) is 4.79 Å². The fraction of sp³-hybridized carbons (Fsp3) is 0.889. The zero-order chi connectivity index (χ0) is 9.56. The summed E-state index contributed by atoms with van der Waals surface area (Å²) in [7, 11) is 0. The summed E-state index contributed by atoms with van der Waals surface area (Å²) in [6.07, 6.45) is 1.97. The van der Waals surface area contributed by atoms with Crippen LogP contribution in [0, 0.1) is 5.92 Å². The topological polar surface area (TPSA) is 57.5 Å². The van der Waals surface area contributed by atoms with E-state index in [0.29, 0.717) is 6.42 Å². The first-order chi connectivity index (χ1) is 5.57. The molecule has 0 aliphatic heterocycles. The number of aliphatic hydroxyl groups excluding tert-OH is 1. The molecule has 0 radical (unpaired) electrons. The van der Waals surface area contributed by atoms with Gasteiger partial charge in [-0.25, -0.2) is 0 Å². The van der Waals surface area contributed by atoms with Crippen molar-refractivity contribution in [2.45, 2.75) is 45.6 Å². The van der Waals surface area contributed by atoms with Crippen molar-refractivity contribution in [2.75, 3.05) is 0 Å². The largest absolute Gasteiger partial charge is 0.481 e.